The number of thiazole rings is 1. The van der Waals surface area contributed by atoms with Crippen LogP contribution in [0.2, 0.25) is 0 Å². The molecule has 0 amide bonds. The van der Waals surface area contributed by atoms with Gasteiger partial charge in [-0.1, -0.05) is 0 Å². The molecule has 0 unspecified atom stereocenters. The molecule has 0 atom stereocenters. The molecule has 5 nitrogen and oxygen atoms in total. The molecular weight excluding hydrogens is 316 g/mol. The van der Waals surface area contributed by atoms with E-state index in [4.69, 9.17) is 4.74 Å². The highest BCUT2D eigenvalue weighted by atomic mass is 79.9. The zero-order valence-electron chi connectivity index (χ0n) is 10.3. The molecule has 0 saturated carbocycles. The van der Waals surface area contributed by atoms with E-state index < -0.39 is 0 Å². The van der Waals surface area contributed by atoms with E-state index >= 15 is 0 Å². The maximum Gasteiger partial charge on any atom is 0.232 e. The first-order valence-corrected chi connectivity index (χ1v) is 6.96. The Bertz CT molecular complexity index is 546. The monoisotopic (exact) mass is 328 g/mol. The highest BCUT2D eigenvalue weighted by Crippen LogP contribution is 2.23. The lowest BCUT2D eigenvalue weighted by Gasteiger charge is -2.16. The third-order valence-electron chi connectivity index (χ3n) is 2.30. The standard InChI is InChI=1S/C11H13BrN4OS/c1-7-14-8(6-18-7)5-16(2)11-13-4-9(12)10(15-11)17-3/h4,6H,5H2,1-3H3. The summed E-state index contributed by atoms with van der Waals surface area (Å²) in [6.45, 7) is 2.67. The predicted octanol–water partition coefficient (Wildman–Crippen LogP) is 2.65. The Morgan fingerprint density at radius 2 is 2.22 bits per heavy atom. The lowest BCUT2D eigenvalue weighted by molar-refractivity contribution is 0.394. The fourth-order valence-electron chi connectivity index (χ4n) is 1.46. The Morgan fingerprint density at radius 3 is 2.83 bits per heavy atom. The minimum absolute atomic E-state index is 0.529. The van der Waals surface area contributed by atoms with Crippen LogP contribution < -0.4 is 9.64 Å². The second-order valence-corrected chi connectivity index (χ2v) is 5.66. The summed E-state index contributed by atoms with van der Waals surface area (Å²) in [7, 11) is 3.51. The van der Waals surface area contributed by atoms with E-state index in [1.54, 1.807) is 24.6 Å². The zero-order chi connectivity index (χ0) is 13.1. The van der Waals surface area contributed by atoms with Gasteiger partial charge in [0.15, 0.2) is 0 Å². The first-order chi connectivity index (χ1) is 8.60. The summed E-state index contributed by atoms with van der Waals surface area (Å²) >= 11 is 4.97. The Morgan fingerprint density at radius 1 is 1.44 bits per heavy atom. The second kappa shape index (κ2) is 5.62. The number of nitrogens with zero attached hydrogens (tertiary/aromatic N) is 4. The van der Waals surface area contributed by atoms with Gasteiger partial charge >= 0.3 is 0 Å². The van der Waals surface area contributed by atoms with E-state index in [9.17, 15) is 0 Å². The van der Waals surface area contributed by atoms with Gasteiger partial charge in [0.2, 0.25) is 11.8 Å². The van der Waals surface area contributed by atoms with Crippen molar-refractivity contribution in [2.45, 2.75) is 13.5 Å². The molecule has 0 aromatic carbocycles. The maximum atomic E-state index is 5.15. The molecule has 0 fully saturated rings. The van der Waals surface area contributed by atoms with Crippen molar-refractivity contribution in [3.63, 3.8) is 0 Å². The van der Waals surface area contributed by atoms with E-state index in [2.05, 4.69) is 30.9 Å². The van der Waals surface area contributed by atoms with Gasteiger partial charge in [-0.2, -0.15) is 4.98 Å². The molecule has 2 aromatic heterocycles. The molecule has 0 aliphatic heterocycles. The third kappa shape index (κ3) is 2.97. The number of methoxy groups -OCH3 is 1. The van der Waals surface area contributed by atoms with Gasteiger partial charge in [-0.25, -0.2) is 9.97 Å². The molecule has 0 bridgehead atoms. The molecule has 0 aliphatic rings. The molecular formula is C11H13BrN4OS. The van der Waals surface area contributed by atoms with Gasteiger partial charge in [0, 0.05) is 12.4 Å². The lowest BCUT2D eigenvalue weighted by atomic mass is 10.4. The Labute approximate surface area is 118 Å². The molecule has 0 aliphatic carbocycles. The lowest BCUT2D eigenvalue weighted by Crippen LogP contribution is -2.19. The van der Waals surface area contributed by atoms with Gasteiger partial charge in [-0.3, -0.25) is 0 Å². The van der Waals surface area contributed by atoms with Gasteiger partial charge in [0.1, 0.15) is 0 Å². The molecule has 96 valence electrons. The molecule has 0 spiro atoms. The van der Waals surface area contributed by atoms with Crippen LogP contribution in [0.1, 0.15) is 10.7 Å². The summed E-state index contributed by atoms with van der Waals surface area (Å²) in [5, 5.41) is 3.11. The van der Waals surface area contributed by atoms with Crippen molar-refractivity contribution in [3.05, 3.63) is 26.8 Å². The zero-order valence-corrected chi connectivity index (χ0v) is 12.7. The maximum absolute atomic E-state index is 5.15. The summed E-state index contributed by atoms with van der Waals surface area (Å²) in [6.07, 6.45) is 1.68. The summed E-state index contributed by atoms with van der Waals surface area (Å²) in [6, 6.07) is 0. The fraction of sp³-hybridized carbons (Fsp3) is 0.364. The molecule has 0 radical (unpaired) electrons. The SMILES string of the molecule is COc1nc(N(C)Cc2csc(C)n2)ncc1Br. The van der Waals surface area contributed by atoms with Crippen LogP contribution in [-0.2, 0) is 6.54 Å². The number of halogens is 1. The summed E-state index contributed by atoms with van der Waals surface area (Å²) < 4.78 is 5.89. The predicted molar refractivity (Wildman–Crippen MR) is 75.2 cm³/mol. The minimum Gasteiger partial charge on any atom is -0.480 e. The summed E-state index contributed by atoms with van der Waals surface area (Å²) in [5.74, 6) is 1.14. The average molecular weight is 329 g/mol. The molecule has 2 aromatic rings. The number of hydrogen-bond acceptors (Lipinski definition) is 6. The molecule has 0 N–H and O–H groups in total. The Balaban J connectivity index is 2.15. The van der Waals surface area contributed by atoms with Crippen molar-refractivity contribution in [1.29, 1.82) is 0 Å². The first-order valence-electron chi connectivity index (χ1n) is 5.29. The van der Waals surface area contributed by atoms with Crippen LogP contribution >= 0.6 is 27.3 Å². The van der Waals surface area contributed by atoms with E-state index in [1.807, 2.05) is 24.3 Å². The Kier molecular flexibility index (Phi) is 4.13. The van der Waals surface area contributed by atoms with Crippen LogP contribution in [0.25, 0.3) is 0 Å². The van der Waals surface area contributed by atoms with Gasteiger partial charge in [-0.05, 0) is 22.9 Å². The first kappa shape index (κ1) is 13.2. The molecule has 7 heteroatoms. The van der Waals surface area contributed by atoms with Crippen molar-refractivity contribution >= 4 is 33.2 Å². The van der Waals surface area contributed by atoms with Crippen molar-refractivity contribution in [1.82, 2.24) is 15.0 Å². The van der Waals surface area contributed by atoms with Gasteiger partial charge in [0.05, 0.1) is 35.0 Å². The van der Waals surface area contributed by atoms with Crippen molar-refractivity contribution in [3.8, 4) is 5.88 Å². The largest absolute Gasteiger partial charge is 0.480 e. The van der Waals surface area contributed by atoms with Gasteiger partial charge < -0.3 is 9.64 Å². The molecule has 2 rings (SSSR count). The van der Waals surface area contributed by atoms with E-state index in [1.165, 1.54) is 0 Å². The molecule has 2 heterocycles. The van der Waals surface area contributed by atoms with Crippen LogP contribution in [0.3, 0.4) is 0 Å². The summed E-state index contributed by atoms with van der Waals surface area (Å²) in [5.41, 5.74) is 1.02. The normalized spacial score (nSPS) is 10.4. The van der Waals surface area contributed by atoms with Crippen LogP contribution in [-0.4, -0.2) is 29.1 Å². The van der Waals surface area contributed by atoms with Crippen molar-refractivity contribution in [2.24, 2.45) is 0 Å². The van der Waals surface area contributed by atoms with Gasteiger partial charge in [0.25, 0.3) is 0 Å². The Hall–Kier alpha value is -1.21. The van der Waals surface area contributed by atoms with Crippen molar-refractivity contribution < 1.29 is 4.74 Å². The number of rotatable bonds is 4. The van der Waals surface area contributed by atoms with Gasteiger partial charge in [-0.15, -0.1) is 11.3 Å². The number of aromatic nitrogens is 3. The van der Waals surface area contributed by atoms with Crippen LogP contribution in [0.5, 0.6) is 5.88 Å². The van der Waals surface area contributed by atoms with E-state index in [0.717, 1.165) is 15.2 Å². The number of aryl methyl sites for hydroxylation is 1. The topological polar surface area (TPSA) is 51.1 Å². The average Bonchev–Trinajstić information content (AvgIpc) is 2.75. The fourth-order valence-corrected chi connectivity index (χ4v) is 2.42. The van der Waals surface area contributed by atoms with E-state index in [-0.39, 0.29) is 0 Å². The van der Waals surface area contributed by atoms with Crippen LogP contribution in [0.15, 0.2) is 16.0 Å². The van der Waals surface area contributed by atoms with Crippen LogP contribution in [0.4, 0.5) is 5.95 Å². The quantitative estimate of drug-likeness (QED) is 0.863. The smallest absolute Gasteiger partial charge is 0.232 e. The third-order valence-corrected chi connectivity index (χ3v) is 3.67. The number of anilines is 1. The van der Waals surface area contributed by atoms with Crippen molar-refractivity contribution in [2.75, 3.05) is 19.1 Å². The summed E-state index contributed by atoms with van der Waals surface area (Å²) in [4.78, 5) is 14.9. The minimum atomic E-state index is 0.529. The number of hydrogen-bond donors (Lipinski definition) is 0. The van der Waals surface area contributed by atoms with Crippen LogP contribution in [0, 0.1) is 6.92 Å². The highest BCUT2D eigenvalue weighted by molar-refractivity contribution is 9.10. The molecule has 0 saturated heterocycles. The number of ether oxygens (including phenoxy) is 1. The highest BCUT2D eigenvalue weighted by Gasteiger charge is 2.10. The second-order valence-electron chi connectivity index (χ2n) is 3.74. The van der Waals surface area contributed by atoms with E-state index in [0.29, 0.717) is 18.4 Å². The molecule has 18 heavy (non-hydrogen) atoms.